The lowest BCUT2D eigenvalue weighted by atomic mass is 10.1. The molecule has 0 aliphatic carbocycles. The van der Waals surface area contributed by atoms with E-state index < -0.39 is 17.8 Å². The summed E-state index contributed by atoms with van der Waals surface area (Å²) in [6, 6.07) is 18.2. The first-order chi connectivity index (χ1) is 16.9. The molecule has 0 spiro atoms. The molecule has 0 unspecified atom stereocenters. The fourth-order valence-electron chi connectivity index (χ4n) is 3.45. The van der Waals surface area contributed by atoms with Crippen LogP contribution in [0.4, 0.5) is 10.5 Å². The monoisotopic (exact) mass is 554 g/mol. The molecule has 1 aliphatic heterocycles. The highest BCUT2D eigenvalue weighted by atomic mass is 79.9. The van der Waals surface area contributed by atoms with E-state index in [0.717, 1.165) is 14.9 Å². The number of anilines is 1. The molecule has 9 heteroatoms. The molecule has 35 heavy (non-hydrogen) atoms. The number of nitrogens with one attached hydrogen (secondary N) is 1. The first kappa shape index (κ1) is 24.5. The predicted octanol–water partition coefficient (Wildman–Crippen LogP) is 5.75. The van der Waals surface area contributed by atoms with Gasteiger partial charge in [-0.15, -0.1) is 0 Å². The second-order valence-electron chi connectivity index (χ2n) is 7.46. The predicted molar refractivity (Wildman–Crippen MR) is 137 cm³/mol. The molecule has 0 radical (unpaired) electrons. The molecule has 1 saturated heterocycles. The molecular weight excluding hydrogens is 536 g/mol. The van der Waals surface area contributed by atoms with Crippen molar-refractivity contribution in [2.45, 2.75) is 13.5 Å². The van der Waals surface area contributed by atoms with Crippen LogP contribution in [-0.4, -0.2) is 24.5 Å². The second-order valence-corrected chi connectivity index (χ2v) is 8.75. The Morgan fingerprint density at radius 3 is 2.51 bits per heavy atom. The van der Waals surface area contributed by atoms with Crippen molar-refractivity contribution in [1.29, 1.82) is 0 Å². The Kier molecular flexibility index (Phi) is 7.53. The number of nitrogens with zero attached hydrogens (tertiary/aromatic N) is 1. The molecule has 3 aromatic carbocycles. The molecule has 7 nitrogen and oxygen atoms in total. The number of barbiturate groups is 1. The maximum atomic E-state index is 13.1. The number of benzene rings is 3. The lowest BCUT2D eigenvalue weighted by molar-refractivity contribution is -0.122. The smallest absolute Gasteiger partial charge is 0.335 e. The SMILES string of the molecule is CCOc1cc(/C=C2\C(=O)NC(=O)N(c3cccc(Cl)c3)C2=O)ccc1OCc1ccccc1Br. The Balaban J connectivity index is 1.62. The zero-order chi connectivity index (χ0) is 24.9. The van der Waals surface area contributed by atoms with Gasteiger partial charge in [-0.2, -0.15) is 0 Å². The van der Waals surface area contributed by atoms with Crippen molar-refractivity contribution in [3.05, 3.63) is 92.9 Å². The van der Waals surface area contributed by atoms with Crippen molar-refractivity contribution >= 4 is 57.1 Å². The molecule has 4 amide bonds. The molecule has 178 valence electrons. The summed E-state index contributed by atoms with van der Waals surface area (Å²) < 4.78 is 12.6. The summed E-state index contributed by atoms with van der Waals surface area (Å²) in [6.07, 6.45) is 1.40. The van der Waals surface area contributed by atoms with Crippen molar-refractivity contribution in [3.8, 4) is 11.5 Å². The summed E-state index contributed by atoms with van der Waals surface area (Å²) in [5.74, 6) is -0.570. The van der Waals surface area contributed by atoms with Gasteiger partial charge in [-0.05, 0) is 55.0 Å². The van der Waals surface area contributed by atoms with E-state index in [-0.39, 0.29) is 11.3 Å². The normalized spacial score (nSPS) is 14.8. The number of rotatable bonds is 7. The van der Waals surface area contributed by atoms with Crippen LogP contribution in [0.15, 0.2) is 76.8 Å². The summed E-state index contributed by atoms with van der Waals surface area (Å²) in [7, 11) is 0. The number of halogens is 2. The summed E-state index contributed by atoms with van der Waals surface area (Å²) in [5, 5.41) is 2.55. The third-order valence-corrected chi connectivity index (χ3v) is 6.10. The topological polar surface area (TPSA) is 84.9 Å². The van der Waals surface area contributed by atoms with E-state index in [0.29, 0.717) is 35.3 Å². The maximum Gasteiger partial charge on any atom is 0.335 e. The summed E-state index contributed by atoms with van der Waals surface area (Å²) in [5.41, 5.74) is 1.55. The molecule has 0 atom stereocenters. The highest BCUT2D eigenvalue weighted by Gasteiger charge is 2.36. The molecule has 4 rings (SSSR count). The minimum Gasteiger partial charge on any atom is -0.490 e. The molecule has 1 fully saturated rings. The standard InChI is InChI=1S/C26H20BrClN2O5/c1-2-34-23-13-16(10-11-22(23)35-15-17-6-3-4-9-21(17)27)12-20-24(31)29-26(33)30(25(20)32)19-8-5-7-18(28)14-19/h3-14H,2,15H2,1H3,(H,29,31,33)/b20-12+. The lowest BCUT2D eigenvalue weighted by Crippen LogP contribution is -2.54. The minimum absolute atomic E-state index is 0.200. The summed E-state index contributed by atoms with van der Waals surface area (Å²) >= 11 is 9.51. The molecule has 1 heterocycles. The van der Waals surface area contributed by atoms with Crippen LogP contribution in [0.2, 0.25) is 5.02 Å². The number of carbonyl (C=O) groups is 3. The average molecular weight is 556 g/mol. The van der Waals surface area contributed by atoms with Gasteiger partial charge in [0.1, 0.15) is 12.2 Å². The first-order valence-electron chi connectivity index (χ1n) is 10.7. The fraction of sp³-hybridized carbons (Fsp3) is 0.115. The van der Waals surface area contributed by atoms with Crippen LogP contribution in [0.25, 0.3) is 6.08 Å². The Bertz CT molecular complexity index is 1340. The second kappa shape index (κ2) is 10.8. The van der Waals surface area contributed by atoms with E-state index in [4.69, 9.17) is 21.1 Å². The third-order valence-electron chi connectivity index (χ3n) is 5.09. The first-order valence-corrected chi connectivity index (χ1v) is 11.8. The Morgan fingerprint density at radius 1 is 0.971 bits per heavy atom. The van der Waals surface area contributed by atoms with Gasteiger partial charge in [0.2, 0.25) is 0 Å². The average Bonchev–Trinajstić information content (AvgIpc) is 2.82. The van der Waals surface area contributed by atoms with Crippen molar-refractivity contribution in [2.24, 2.45) is 0 Å². The van der Waals surface area contributed by atoms with E-state index in [1.54, 1.807) is 36.4 Å². The molecule has 0 saturated carbocycles. The zero-order valence-electron chi connectivity index (χ0n) is 18.6. The molecule has 1 N–H and O–H groups in total. The minimum atomic E-state index is -0.842. The Hall–Kier alpha value is -3.62. The van der Waals surface area contributed by atoms with Gasteiger partial charge in [-0.25, -0.2) is 9.69 Å². The number of urea groups is 1. The van der Waals surface area contributed by atoms with Crippen LogP contribution in [0.3, 0.4) is 0 Å². The van der Waals surface area contributed by atoms with E-state index in [1.165, 1.54) is 12.1 Å². The highest BCUT2D eigenvalue weighted by molar-refractivity contribution is 9.10. The van der Waals surface area contributed by atoms with Crippen LogP contribution in [0, 0.1) is 0 Å². The van der Waals surface area contributed by atoms with Gasteiger partial charge >= 0.3 is 6.03 Å². The van der Waals surface area contributed by atoms with E-state index in [1.807, 2.05) is 31.2 Å². The zero-order valence-corrected chi connectivity index (χ0v) is 20.9. The molecular formula is C26H20BrClN2O5. The number of ether oxygens (including phenoxy) is 2. The van der Waals surface area contributed by atoms with Gasteiger partial charge in [0.25, 0.3) is 11.8 Å². The molecule has 1 aliphatic rings. The fourth-order valence-corrected chi connectivity index (χ4v) is 4.03. The van der Waals surface area contributed by atoms with Gasteiger partial charge in [-0.3, -0.25) is 14.9 Å². The van der Waals surface area contributed by atoms with Crippen molar-refractivity contribution in [2.75, 3.05) is 11.5 Å². The van der Waals surface area contributed by atoms with Gasteiger partial charge < -0.3 is 9.47 Å². The van der Waals surface area contributed by atoms with Crippen LogP contribution in [0.1, 0.15) is 18.1 Å². The largest absolute Gasteiger partial charge is 0.490 e. The number of hydrogen-bond donors (Lipinski definition) is 1. The van der Waals surface area contributed by atoms with Crippen molar-refractivity contribution in [1.82, 2.24) is 5.32 Å². The van der Waals surface area contributed by atoms with Gasteiger partial charge in [0.05, 0.1) is 12.3 Å². The summed E-state index contributed by atoms with van der Waals surface area (Å²) in [6.45, 7) is 2.55. The van der Waals surface area contributed by atoms with Gasteiger partial charge in [-0.1, -0.05) is 57.9 Å². The molecule has 3 aromatic rings. The number of carbonyl (C=O) groups excluding carboxylic acids is 3. The van der Waals surface area contributed by atoms with Crippen LogP contribution >= 0.6 is 27.5 Å². The van der Waals surface area contributed by atoms with Crippen LogP contribution < -0.4 is 19.7 Å². The van der Waals surface area contributed by atoms with Crippen LogP contribution in [-0.2, 0) is 16.2 Å². The molecule has 0 aromatic heterocycles. The van der Waals surface area contributed by atoms with Gasteiger partial charge in [0, 0.05) is 15.1 Å². The number of amides is 4. The maximum absolute atomic E-state index is 13.1. The number of imide groups is 2. The van der Waals surface area contributed by atoms with E-state index in [2.05, 4.69) is 21.2 Å². The van der Waals surface area contributed by atoms with Crippen LogP contribution in [0.5, 0.6) is 11.5 Å². The van der Waals surface area contributed by atoms with Crippen molar-refractivity contribution in [3.63, 3.8) is 0 Å². The van der Waals surface area contributed by atoms with Gasteiger partial charge in [0.15, 0.2) is 11.5 Å². The summed E-state index contributed by atoms with van der Waals surface area (Å²) in [4.78, 5) is 38.9. The Labute approximate surface area is 215 Å². The third kappa shape index (κ3) is 5.55. The van der Waals surface area contributed by atoms with E-state index in [9.17, 15) is 14.4 Å². The lowest BCUT2D eigenvalue weighted by Gasteiger charge is -2.26. The Morgan fingerprint density at radius 2 is 1.77 bits per heavy atom. The van der Waals surface area contributed by atoms with E-state index >= 15 is 0 Å². The highest BCUT2D eigenvalue weighted by Crippen LogP contribution is 2.32. The quantitative estimate of drug-likeness (QED) is 0.297. The number of hydrogen-bond acceptors (Lipinski definition) is 5. The molecule has 0 bridgehead atoms. The van der Waals surface area contributed by atoms with Crippen molar-refractivity contribution < 1.29 is 23.9 Å².